The van der Waals surface area contributed by atoms with E-state index < -0.39 is 29.7 Å². The van der Waals surface area contributed by atoms with Gasteiger partial charge in [-0.1, -0.05) is 29.8 Å². The summed E-state index contributed by atoms with van der Waals surface area (Å²) in [6, 6.07) is 7.62. The van der Waals surface area contributed by atoms with Gasteiger partial charge in [-0.25, -0.2) is 18.2 Å². The van der Waals surface area contributed by atoms with E-state index in [2.05, 4.69) is 4.98 Å². The van der Waals surface area contributed by atoms with E-state index in [-0.39, 0.29) is 5.92 Å². The van der Waals surface area contributed by atoms with Crippen LogP contribution < -0.4 is 4.74 Å². The van der Waals surface area contributed by atoms with Gasteiger partial charge in [0.2, 0.25) is 5.88 Å². The van der Waals surface area contributed by atoms with E-state index in [1.807, 2.05) is 38.1 Å². The molecule has 0 saturated heterocycles. The predicted molar refractivity (Wildman–Crippen MR) is 98.3 cm³/mol. The minimum Gasteiger partial charge on any atom is -0.479 e. The summed E-state index contributed by atoms with van der Waals surface area (Å²) in [5, 5.41) is 8.78. The lowest BCUT2D eigenvalue weighted by atomic mass is 9.92. The fraction of sp³-hybridized carbons (Fsp3) is 0.368. The summed E-state index contributed by atoms with van der Waals surface area (Å²) < 4.78 is 33.1. The first-order chi connectivity index (χ1) is 12.8. The van der Waals surface area contributed by atoms with Crippen LogP contribution >= 0.6 is 0 Å². The van der Waals surface area contributed by atoms with Gasteiger partial charge in [-0.05, 0) is 49.3 Å². The summed E-state index contributed by atoms with van der Waals surface area (Å²) in [4.78, 5) is 14.9. The van der Waals surface area contributed by atoms with Gasteiger partial charge in [-0.2, -0.15) is 0 Å². The Bertz CT molecular complexity index is 915. The van der Waals surface area contributed by atoms with E-state index in [0.717, 1.165) is 27.8 Å². The van der Waals surface area contributed by atoms with E-state index >= 15 is 0 Å². The Morgan fingerprint density at radius 1 is 1.26 bits per heavy atom. The highest BCUT2D eigenvalue weighted by molar-refractivity contribution is 7.67. The highest BCUT2D eigenvalue weighted by atomic mass is 32.2. The molecule has 0 radical (unpaired) electrons. The molecule has 0 bridgehead atoms. The molecule has 3 rings (SSSR count). The minimum absolute atomic E-state index is 0.0640. The monoisotopic (exact) mass is 391 g/mol. The lowest BCUT2D eigenvalue weighted by Crippen LogP contribution is -2.16. The van der Waals surface area contributed by atoms with E-state index in [9.17, 15) is 13.2 Å². The number of carboxylic acid groups (broad SMARTS) is 1. The van der Waals surface area contributed by atoms with Crippen molar-refractivity contribution in [3.05, 3.63) is 58.3 Å². The van der Waals surface area contributed by atoms with Crippen molar-refractivity contribution in [2.75, 3.05) is 6.61 Å². The van der Waals surface area contributed by atoms with Gasteiger partial charge >= 0.3 is 5.97 Å². The van der Waals surface area contributed by atoms with Gasteiger partial charge in [0, 0.05) is 11.8 Å². The van der Waals surface area contributed by atoms with Crippen molar-refractivity contribution in [3.63, 3.8) is 0 Å². The van der Waals surface area contributed by atoms with Gasteiger partial charge in [0.25, 0.3) is 11.0 Å². The Balaban J connectivity index is 1.86. The van der Waals surface area contributed by atoms with Crippen molar-refractivity contribution >= 4 is 17.0 Å². The number of nitrogens with zero attached hydrogens (tertiary/aromatic N) is 1. The first-order valence-electron chi connectivity index (χ1n) is 8.54. The minimum atomic E-state index is -3.00. The van der Waals surface area contributed by atoms with Crippen LogP contribution in [-0.2, 0) is 32.8 Å². The maximum atomic E-state index is 11.3. The number of aromatic nitrogens is 1. The quantitative estimate of drug-likeness (QED) is 0.697. The number of thiol groups is 1. The van der Waals surface area contributed by atoms with E-state index in [1.165, 1.54) is 0 Å². The number of pyridine rings is 1. The maximum Gasteiger partial charge on any atom is 0.341 e. The first kappa shape index (κ1) is 19.3. The summed E-state index contributed by atoms with van der Waals surface area (Å²) in [7, 11) is -3.00. The smallest absolute Gasteiger partial charge is 0.341 e. The Kier molecular flexibility index (Phi) is 5.76. The Hall–Kier alpha value is -2.45. The number of benzene rings is 1. The zero-order chi connectivity index (χ0) is 19.6. The Morgan fingerprint density at radius 3 is 2.59 bits per heavy atom. The molecule has 8 heteroatoms. The summed E-state index contributed by atoms with van der Waals surface area (Å²) in [5.74, 6) is -0.841. The molecule has 1 N–H and O–H groups in total. The standard InChI is InChI=1S/C19H21NO6S/c1-11-3-5-13(6-4-11)18(26-27(23)24)14-7-15-9-20-19(25-10-17(21)22)12(2)16(15)8-14/h3-6,9,14,18,27H,7-8,10H2,1-2H3,(H,21,22). The second-order valence-corrected chi connectivity index (χ2v) is 7.36. The molecule has 2 unspecified atom stereocenters. The molecule has 1 heterocycles. The fourth-order valence-electron chi connectivity index (χ4n) is 3.52. The molecule has 1 aliphatic carbocycles. The molecule has 1 aromatic heterocycles. The van der Waals surface area contributed by atoms with Gasteiger partial charge in [0.15, 0.2) is 6.61 Å². The van der Waals surface area contributed by atoms with Gasteiger partial charge in [-0.3, -0.25) is 4.18 Å². The molecular formula is C19H21NO6S. The highest BCUT2D eigenvalue weighted by Crippen LogP contribution is 2.40. The van der Waals surface area contributed by atoms with Gasteiger partial charge in [0.1, 0.15) is 6.10 Å². The topological polar surface area (TPSA) is 103 Å². The Morgan fingerprint density at radius 2 is 1.96 bits per heavy atom. The van der Waals surface area contributed by atoms with Crippen LogP contribution in [0.1, 0.15) is 33.9 Å². The number of rotatable bonds is 7. The number of aryl methyl sites for hydroxylation is 1. The van der Waals surface area contributed by atoms with Gasteiger partial charge in [-0.15, -0.1) is 0 Å². The third-order valence-corrected chi connectivity index (χ3v) is 5.21. The number of fused-ring (bicyclic) bond motifs is 1. The van der Waals surface area contributed by atoms with Crippen molar-refractivity contribution in [1.82, 2.24) is 4.98 Å². The molecule has 2 atom stereocenters. The largest absolute Gasteiger partial charge is 0.479 e. The van der Waals surface area contributed by atoms with Crippen molar-refractivity contribution in [1.29, 1.82) is 0 Å². The fourth-order valence-corrected chi connectivity index (χ4v) is 4.00. The molecule has 0 saturated carbocycles. The number of ether oxygens (including phenoxy) is 1. The summed E-state index contributed by atoms with van der Waals surface area (Å²) in [6.07, 6.45) is 2.32. The van der Waals surface area contributed by atoms with Crippen molar-refractivity contribution in [3.8, 4) is 5.88 Å². The van der Waals surface area contributed by atoms with Crippen LogP contribution in [0.4, 0.5) is 0 Å². The van der Waals surface area contributed by atoms with E-state index in [4.69, 9.17) is 14.0 Å². The van der Waals surface area contributed by atoms with Crippen LogP contribution in [0.2, 0.25) is 0 Å². The molecule has 1 aromatic carbocycles. The van der Waals surface area contributed by atoms with Crippen LogP contribution in [0.3, 0.4) is 0 Å². The lowest BCUT2D eigenvalue weighted by Gasteiger charge is -2.21. The zero-order valence-electron chi connectivity index (χ0n) is 15.0. The van der Waals surface area contributed by atoms with Crippen LogP contribution in [0, 0.1) is 19.8 Å². The van der Waals surface area contributed by atoms with E-state index in [1.54, 1.807) is 6.20 Å². The van der Waals surface area contributed by atoms with E-state index in [0.29, 0.717) is 18.7 Å². The normalized spacial score (nSPS) is 16.9. The number of carbonyl (C=O) groups is 1. The third kappa shape index (κ3) is 4.45. The number of hydrogen-bond acceptors (Lipinski definition) is 6. The van der Waals surface area contributed by atoms with Crippen molar-refractivity contribution in [2.45, 2.75) is 32.8 Å². The highest BCUT2D eigenvalue weighted by Gasteiger charge is 2.33. The molecule has 0 aliphatic heterocycles. The SMILES string of the molecule is Cc1ccc(C(O[SH](=O)=O)C2Cc3cnc(OCC(=O)O)c(C)c3C2)cc1. The van der Waals surface area contributed by atoms with Crippen LogP contribution in [0.15, 0.2) is 30.5 Å². The second-order valence-electron chi connectivity index (χ2n) is 6.70. The number of aliphatic carboxylic acids is 1. The average Bonchev–Trinajstić information content (AvgIpc) is 3.04. The molecule has 27 heavy (non-hydrogen) atoms. The molecule has 2 aromatic rings. The first-order valence-corrected chi connectivity index (χ1v) is 9.64. The van der Waals surface area contributed by atoms with Crippen LogP contribution in [0.5, 0.6) is 5.88 Å². The molecule has 7 nitrogen and oxygen atoms in total. The van der Waals surface area contributed by atoms with Crippen LogP contribution in [-0.4, -0.2) is 31.1 Å². The summed E-state index contributed by atoms with van der Waals surface area (Å²) in [6.45, 7) is 3.34. The lowest BCUT2D eigenvalue weighted by molar-refractivity contribution is -0.139. The Labute approximate surface area is 159 Å². The number of carboxylic acids is 1. The predicted octanol–water partition coefficient (Wildman–Crippen LogP) is 2.16. The maximum absolute atomic E-state index is 11.3. The molecular weight excluding hydrogens is 370 g/mol. The van der Waals surface area contributed by atoms with Crippen molar-refractivity contribution in [2.24, 2.45) is 5.92 Å². The second kappa shape index (κ2) is 8.06. The summed E-state index contributed by atoms with van der Waals surface area (Å²) >= 11 is 0. The summed E-state index contributed by atoms with van der Waals surface area (Å²) in [5.41, 5.74) is 4.69. The molecule has 0 fully saturated rings. The van der Waals surface area contributed by atoms with Crippen LogP contribution in [0.25, 0.3) is 0 Å². The van der Waals surface area contributed by atoms with Crippen molar-refractivity contribution < 1.29 is 27.2 Å². The van der Waals surface area contributed by atoms with Gasteiger partial charge < -0.3 is 9.84 Å². The zero-order valence-corrected chi connectivity index (χ0v) is 15.9. The molecule has 144 valence electrons. The molecule has 1 aliphatic rings. The average molecular weight is 391 g/mol. The molecule has 0 spiro atoms. The number of hydrogen-bond donors (Lipinski definition) is 2. The molecule has 0 amide bonds. The van der Waals surface area contributed by atoms with Gasteiger partial charge in [0.05, 0.1) is 0 Å². The third-order valence-electron chi connectivity index (χ3n) is 4.81.